The van der Waals surface area contributed by atoms with E-state index in [9.17, 15) is 24.9 Å². The second kappa shape index (κ2) is 9.70. The van der Waals surface area contributed by atoms with E-state index in [1.165, 1.54) is 12.5 Å². The molecule has 1 spiro atoms. The van der Waals surface area contributed by atoms with Gasteiger partial charge in [0.25, 0.3) is 0 Å². The van der Waals surface area contributed by atoms with Gasteiger partial charge in [-0.05, 0) is 60.5 Å². The summed E-state index contributed by atoms with van der Waals surface area (Å²) in [6, 6.07) is 0. The summed E-state index contributed by atoms with van der Waals surface area (Å²) in [6.07, 6.45) is 12.4. The number of ether oxygens (including phenoxy) is 1. The van der Waals surface area contributed by atoms with Crippen LogP contribution in [0.25, 0.3) is 0 Å². The predicted octanol–water partition coefficient (Wildman–Crippen LogP) is 4.06. The molecule has 8 unspecified atom stereocenters. The fourth-order valence-electron chi connectivity index (χ4n) is 7.44. The van der Waals surface area contributed by atoms with Gasteiger partial charge in [-0.2, -0.15) is 0 Å². The fraction of sp³-hybridized carbons (Fsp3) is 0.667. The lowest BCUT2D eigenvalue weighted by molar-refractivity contribution is -0.190. The lowest BCUT2D eigenvalue weighted by Crippen LogP contribution is -2.65. The average Bonchev–Trinajstić information content (AvgIpc) is 3.33. The van der Waals surface area contributed by atoms with Crippen LogP contribution in [0.15, 0.2) is 47.6 Å². The first kappa shape index (κ1) is 27.0. The Labute approximate surface area is 214 Å². The van der Waals surface area contributed by atoms with Gasteiger partial charge in [0, 0.05) is 12.0 Å². The minimum atomic E-state index is -2.11. The number of aliphatic hydroxyl groups is 3. The van der Waals surface area contributed by atoms with Gasteiger partial charge >= 0.3 is 5.97 Å². The highest BCUT2D eigenvalue weighted by atomic mass is 16.5. The van der Waals surface area contributed by atoms with E-state index in [4.69, 9.17) is 4.74 Å². The van der Waals surface area contributed by atoms with E-state index in [2.05, 4.69) is 20.8 Å². The summed E-state index contributed by atoms with van der Waals surface area (Å²) in [7, 11) is 0. The summed E-state index contributed by atoms with van der Waals surface area (Å²) in [5.41, 5.74) is -2.79. The lowest BCUT2D eigenvalue weighted by Gasteiger charge is -2.48. The summed E-state index contributed by atoms with van der Waals surface area (Å²) in [6.45, 7) is 9.84. The van der Waals surface area contributed by atoms with Gasteiger partial charge in [0.1, 0.15) is 24.4 Å². The summed E-state index contributed by atoms with van der Waals surface area (Å²) >= 11 is 0. The van der Waals surface area contributed by atoms with Crippen molar-refractivity contribution in [2.75, 3.05) is 6.61 Å². The van der Waals surface area contributed by atoms with E-state index in [0.717, 1.165) is 25.7 Å². The molecule has 2 bridgehead atoms. The summed E-state index contributed by atoms with van der Waals surface area (Å²) < 4.78 is 5.44. The molecule has 0 aliphatic heterocycles. The molecular weight excluding hydrogens is 456 g/mol. The molecule has 0 aromatic rings. The van der Waals surface area contributed by atoms with Crippen LogP contribution < -0.4 is 0 Å². The fourth-order valence-corrected chi connectivity index (χ4v) is 7.44. The summed E-state index contributed by atoms with van der Waals surface area (Å²) in [4.78, 5) is 26.6. The molecule has 0 heterocycles. The second-order valence-corrected chi connectivity index (χ2v) is 12.0. The molecule has 2 saturated carbocycles. The van der Waals surface area contributed by atoms with E-state index in [1.807, 2.05) is 19.1 Å². The van der Waals surface area contributed by atoms with E-state index in [-0.39, 0.29) is 35.2 Å². The van der Waals surface area contributed by atoms with Crippen molar-refractivity contribution in [3.63, 3.8) is 0 Å². The molecule has 6 nitrogen and oxygen atoms in total. The Morgan fingerprint density at radius 3 is 2.61 bits per heavy atom. The standard InChI is InChI=1S/C30H42O6/c1-6-7-8-9-10-11-12-13-23(31)36-17-20-15-21-24-22(28(24,4)5)14-19(3)29(27(21)34)16-18(2)25(32)30(29,35)26(20)33/h10-13,15-16,19,21-22,24-26,32-33,35H,6-9,14,17H2,1-5H3. The third kappa shape index (κ3) is 3.97. The molecule has 4 aliphatic rings. The number of hydrogen-bond donors (Lipinski definition) is 3. The average molecular weight is 499 g/mol. The van der Waals surface area contributed by atoms with Gasteiger partial charge in [0.2, 0.25) is 0 Å². The largest absolute Gasteiger partial charge is 0.458 e. The molecule has 0 radical (unpaired) electrons. The maximum atomic E-state index is 14.2. The molecule has 6 heteroatoms. The highest BCUT2D eigenvalue weighted by molar-refractivity contribution is 5.95. The highest BCUT2D eigenvalue weighted by Crippen LogP contribution is 2.71. The van der Waals surface area contributed by atoms with Crippen LogP contribution in [-0.4, -0.2) is 51.5 Å². The molecule has 4 rings (SSSR count). The zero-order valence-electron chi connectivity index (χ0n) is 22.2. The van der Waals surface area contributed by atoms with E-state index in [1.54, 1.807) is 25.2 Å². The number of esters is 1. The number of ketones is 1. The maximum absolute atomic E-state index is 14.2. The lowest BCUT2D eigenvalue weighted by atomic mass is 9.59. The van der Waals surface area contributed by atoms with Crippen LogP contribution in [0, 0.1) is 34.5 Å². The molecule has 36 heavy (non-hydrogen) atoms. The van der Waals surface area contributed by atoms with E-state index < -0.39 is 35.1 Å². The minimum Gasteiger partial charge on any atom is -0.458 e. The van der Waals surface area contributed by atoms with Crippen molar-refractivity contribution in [2.24, 2.45) is 34.5 Å². The molecule has 4 aliphatic carbocycles. The Hall–Kier alpha value is -2.02. The van der Waals surface area contributed by atoms with Crippen LogP contribution in [0.4, 0.5) is 0 Å². The van der Waals surface area contributed by atoms with Crippen molar-refractivity contribution in [1.82, 2.24) is 0 Å². The van der Waals surface area contributed by atoms with Crippen molar-refractivity contribution < 1.29 is 29.6 Å². The first-order valence-electron chi connectivity index (χ1n) is 13.5. The van der Waals surface area contributed by atoms with Crippen LogP contribution in [0.5, 0.6) is 0 Å². The maximum Gasteiger partial charge on any atom is 0.331 e. The third-order valence-corrected chi connectivity index (χ3v) is 9.58. The van der Waals surface area contributed by atoms with Crippen LogP contribution in [-0.2, 0) is 14.3 Å². The molecule has 0 aromatic carbocycles. The van der Waals surface area contributed by atoms with Crippen LogP contribution in [0.2, 0.25) is 0 Å². The smallest absolute Gasteiger partial charge is 0.331 e. The number of Topliss-reactive ketones (excluding diaryl/α,β-unsaturated/α-hetero) is 1. The topological polar surface area (TPSA) is 104 Å². The predicted molar refractivity (Wildman–Crippen MR) is 138 cm³/mol. The Bertz CT molecular complexity index is 1020. The van der Waals surface area contributed by atoms with Crippen LogP contribution in [0.3, 0.4) is 0 Å². The van der Waals surface area contributed by atoms with Gasteiger partial charge in [-0.15, -0.1) is 0 Å². The number of rotatable bonds is 8. The molecule has 3 N–H and O–H groups in total. The number of hydrogen-bond acceptors (Lipinski definition) is 6. The van der Waals surface area contributed by atoms with E-state index >= 15 is 0 Å². The summed E-state index contributed by atoms with van der Waals surface area (Å²) in [5, 5.41) is 34.6. The Kier molecular flexibility index (Phi) is 7.28. The zero-order chi connectivity index (χ0) is 26.5. The number of aliphatic hydroxyl groups excluding tert-OH is 2. The van der Waals surface area contributed by atoms with Crippen molar-refractivity contribution in [2.45, 2.75) is 84.5 Å². The second-order valence-electron chi connectivity index (χ2n) is 12.0. The van der Waals surface area contributed by atoms with Gasteiger partial charge in [-0.1, -0.05) is 70.9 Å². The van der Waals surface area contributed by atoms with Gasteiger partial charge in [0.15, 0.2) is 5.78 Å². The zero-order valence-corrected chi connectivity index (χ0v) is 22.2. The van der Waals surface area contributed by atoms with Crippen LogP contribution >= 0.6 is 0 Å². The number of carbonyl (C=O) groups is 2. The monoisotopic (exact) mass is 498 g/mol. The first-order chi connectivity index (χ1) is 16.9. The van der Waals surface area contributed by atoms with Crippen molar-refractivity contribution in [1.29, 1.82) is 0 Å². The molecule has 0 aromatic heterocycles. The van der Waals surface area contributed by atoms with Crippen LogP contribution in [0.1, 0.15) is 66.7 Å². The van der Waals surface area contributed by atoms with Crippen molar-refractivity contribution in [3.05, 3.63) is 47.6 Å². The molecule has 8 atom stereocenters. The Morgan fingerprint density at radius 2 is 1.92 bits per heavy atom. The molecule has 198 valence electrons. The van der Waals surface area contributed by atoms with Gasteiger partial charge in [-0.25, -0.2) is 4.79 Å². The van der Waals surface area contributed by atoms with Gasteiger partial charge in [-0.3, -0.25) is 4.79 Å². The number of fused-ring (bicyclic) bond motifs is 3. The highest BCUT2D eigenvalue weighted by Gasteiger charge is 2.75. The van der Waals surface area contributed by atoms with Gasteiger partial charge < -0.3 is 20.1 Å². The molecular formula is C30H42O6. The molecule has 2 fully saturated rings. The van der Waals surface area contributed by atoms with Crippen molar-refractivity contribution >= 4 is 11.8 Å². The molecule has 0 saturated heterocycles. The minimum absolute atomic E-state index is 0.0376. The van der Waals surface area contributed by atoms with Crippen molar-refractivity contribution in [3.8, 4) is 0 Å². The Morgan fingerprint density at radius 1 is 1.19 bits per heavy atom. The number of carbonyl (C=O) groups excluding carboxylic acids is 2. The van der Waals surface area contributed by atoms with E-state index in [0.29, 0.717) is 11.5 Å². The quantitative estimate of drug-likeness (QED) is 0.153. The summed E-state index contributed by atoms with van der Waals surface area (Å²) in [5.74, 6) is -1.13. The third-order valence-electron chi connectivity index (χ3n) is 9.58. The Balaban J connectivity index is 1.59. The van der Waals surface area contributed by atoms with Gasteiger partial charge in [0.05, 0.1) is 5.41 Å². The normalized spacial score (nSPS) is 40.8. The number of unbranched alkanes of at least 4 members (excludes halogenated alkanes) is 3. The molecule has 0 amide bonds. The SMILES string of the molecule is CCCCCC=CC=CC(=O)OCC1=CC2C(=O)C3(C=C(C)C(O)C3(O)C1O)C(C)CC1C2C1(C)C. The number of allylic oxidation sites excluding steroid dienone is 4. The first-order valence-corrected chi connectivity index (χ1v) is 13.5.